The van der Waals surface area contributed by atoms with Crippen LogP contribution in [-0.4, -0.2) is 22.2 Å². The summed E-state index contributed by atoms with van der Waals surface area (Å²) in [5.74, 6) is -6.38. The van der Waals surface area contributed by atoms with Crippen molar-refractivity contribution in [3.05, 3.63) is 69.3 Å². The fourth-order valence-corrected chi connectivity index (χ4v) is 2.34. The summed E-state index contributed by atoms with van der Waals surface area (Å²) >= 11 is 0. The van der Waals surface area contributed by atoms with Crippen molar-refractivity contribution in [1.29, 1.82) is 0 Å². The molecule has 0 amide bonds. The summed E-state index contributed by atoms with van der Waals surface area (Å²) < 4.78 is 99.7. The number of hydrogen-bond donors (Lipinski definition) is 2. The molecule has 0 aliphatic carbocycles. The average Bonchev–Trinajstić information content (AvgIpc) is 2.57. The fraction of sp³-hybridized carbons (Fsp3) is 0.222. The zero-order valence-corrected chi connectivity index (χ0v) is 15.0. The van der Waals surface area contributed by atoms with E-state index in [2.05, 4.69) is 0 Å². The fourth-order valence-electron chi connectivity index (χ4n) is 2.34. The molecule has 2 aromatic carbocycles. The average molecular weight is 444 g/mol. The molecule has 0 saturated heterocycles. The molecule has 4 nitrogen and oxygen atoms in total. The molecule has 2 rings (SSSR count). The van der Waals surface area contributed by atoms with Crippen LogP contribution in [-0.2, 0) is 12.4 Å². The number of carbonyl (C=O) groups is 2. The van der Waals surface area contributed by atoms with E-state index in [0.717, 1.165) is 12.1 Å². The van der Waals surface area contributed by atoms with Crippen LogP contribution in [0.5, 0.6) is 0 Å². The van der Waals surface area contributed by atoms with E-state index in [1.54, 1.807) is 0 Å². The Bertz CT molecular complexity index is 978. The molecule has 164 valence electrons. The van der Waals surface area contributed by atoms with Crippen LogP contribution in [0.25, 0.3) is 0 Å². The number of hydrogen-bond acceptors (Lipinski definition) is 2. The normalized spacial score (nSPS) is 11.5. The quantitative estimate of drug-likeness (QED) is 0.583. The van der Waals surface area contributed by atoms with Crippen molar-refractivity contribution in [3.8, 4) is 0 Å². The van der Waals surface area contributed by atoms with Crippen LogP contribution < -0.4 is 0 Å². The molecule has 0 heterocycles. The molecule has 2 aromatic rings. The first-order valence-corrected chi connectivity index (χ1v) is 7.69. The number of halogens is 8. The molecule has 0 aliphatic heterocycles. The number of aromatic carboxylic acids is 2. The second-order valence-corrected chi connectivity index (χ2v) is 5.80. The Balaban J connectivity index is 0.000000311. The maximum atomic E-state index is 13.0. The van der Waals surface area contributed by atoms with E-state index >= 15 is 0 Å². The van der Waals surface area contributed by atoms with Gasteiger partial charge < -0.3 is 10.2 Å². The van der Waals surface area contributed by atoms with Crippen LogP contribution in [0.3, 0.4) is 0 Å². The summed E-state index contributed by atoms with van der Waals surface area (Å²) in [5.41, 5.74) is -5.59. The van der Waals surface area contributed by atoms with Crippen LogP contribution in [0, 0.1) is 25.5 Å². The first-order chi connectivity index (χ1) is 13.5. The lowest BCUT2D eigenvalue weighted by atomic mass is 10.00. The number of alkyl halides is 6. The van der Waals surface area contributed by atoms with Crippen LogP contribution in [0.1, 0.15) is 43.0 Å². The predicted molar refractivity (Wildman–Crippen MR) is 86.2 cm³/mol. The van der Waals surface area contributed by atoms with Crippen molar-refractivity contribution in [3.63, 3.8) is 0 Å². The molecule has 2 N–H and O–H groups in total. The van der Waals surface area contributed by atoms with Crippen LogP contribution >= 0.6 is 0 Å². The first-order valence-electron chi connectivity index (χ1n) is 7.69. The summed E-state index contributed by atoms with van der Waals surface area (Å²) in [7, 11) is 0. The largest absolute Gasteiger partial charge is 0.478 e. The molecule has 0 atom stereocenters. The number of rotatable bonds is 2. The summed E-state index contributed by atoms with van der Waals surface area (Å²) in [6.45, 7) is 2.60. The van der Waals surface area contributed by atoms with Crippen LogP contribution in [0.2, 0.25) is 0 Å². The Labute approximate surface area is 163 Å². The summed E-state index contributed by atoms with van der Waals surface area (Å²) in [6.07, 6.45) is -9.48. The Kier molecular flexibility index (Phi) is 7.19. The molecule has 0 bridgehead atoms. The summed E-state index contributed by atoms with van der Waals surface area (Å²) in [5, 5.41) is 17.1. The van der Waals surface area contributed by atoms with Gasteiger partial charge in [0, 0.05) is 0 Å². The lowest BCUT2D eigenvalue weighted by molar-refractivity contribution is -0.138. The lowest BCUT2D eigenvalue weighted by Gasteiger charge is -2.12. The van der Waals surface area contributed by atoms with E-state index in [1.807, 2.05) is 0 Å². The van der Waals surface area contributed by atoms with Crippen molar-refractivity contribution in [1.82, 2.24) is 0 Å². The maximum absolute atomic E-state index is 13.0. The van der Waals surface area contributed by atoms with Gasteiger partial charge in [-0.3, -0.25) is 0 Å². The van der Waals surface area contributed by atoms with Gasteiger partial charge >= 0.3 is 24.3 Å². The Morgan fingerprint density at radius 1 is 0.667 bits per heavy atom. The third-order valence-corrected chi connectivity index (χ3v) is 3.91. The van der Waals surface area contributed by atoms with Crippen molar-refractivity contribution >= 4 is 11.9 Å². The topological polar surface area (TPSA) is 74.6 Å². The smallest absolute Gasteiger partial charge is 0.417 e. The molecule has 0 unspecified atom stereocenters. The van der Waals surface area contributed by atoms with E-state index < -0.39 is 58.2 Å². The highest BCUT2D eigenvalue weighted by Gasteiger charge is 2.39. The van der Waals surface area contributed by atoms with Gasteiger partial charge in [0.2, 0.25) is 0 Å². The van der Waals surface area contributed by atoms with Gasteiger partial charge in [-0.2, -0.15) is 26.3 Å². The molecule has 0 spiro atoms. The highest BCUT2D eigenvalue weighted by Crippen LogP contribution is 2.35. The minimum absolute atomic E-state index is 0.0486. The van der Waals surface area contributed by atoms with Gasteiger partial charge in [-0.25, -0.2) is 18.4 Å². The van der Waals surface area contributed by atoms with E-state index in [0.29, 0.717) is 0 Å². The summed E-state index contributed by atoms with van der Waals surface area (Å²) in [6, 6.07) is 2.05. The van der Waals surface area contributed by atoms with E-state index in [9.17, 15) is 44.7 Å². The van der Waals surface area contributed by atoms with Gasteiger partial charge in [0.1, 0.15) is 17.2 Å². The van der Waals surface area contributed by atoms with Gasteiger partial charge in [-0.1, -0.05) is 0 Å². The first kappa shape index (κ1) is 24.9. The molecular formula is C18H12F8O4. The zero-order valence-electron chi connectivity index (χ0n) is 15.0. The molecule has 0 aliphatic rings. The van der Waals surface area contributed by atoms with Gasteiger partial charge in [0.05, 0.1) is 16.7 Å². The third kappa shape index (κ3) is 5.45. The molecule has 0 radical (unpaired) electrons. The van der Waals surface area contributed by atoms with Crippen molar-refractivity contribution in [2.75, 3.05) is 0 Å². The van der Waals surface area contributed by atoms with Crippen molar-refractivity contribution in [2.24, 2.45) is 0 Å². The maximum Gasteiger partial charge on any atom is 0.417 e. The van der Waals surface area contributed by atoms with Crippen LogP contribution in [0.15, 0.2) is 24.3 Å². The van der Waals surface area contributed by atoms with Crippen LogP contribution in [0.4, 0.5) is 35.1 Å². The van der Waals surface area contributed by atoms with Gasteiger partial charge in [-0.15, -0.1) is 0 Å². The predicted octanol–water partition coefficient (Wildman–Crippen LogP) is 5.70. The number of carboxylic acids is 2. The minimum atomic E-state index is -5.08. The Morgan fingerprint density at radius 2 is 1.07 bits per heavy atom. The van der Waals surface area contributed by atoms with Crippen molar-refractivity contribution < 1.29 is 54.9 Å². The molecule has 0 saturated carbocycles. The molecular weight excluding hydrogens is 432 g/mol. The molecule has 0 aromatic heterocycles. The minimum Gasteiger partial charge on any atom is -0.478 e. The van der Waals surface area contributed by atoms with Gasteiger partial charge in [0.15, 0.2) is 0 Å². The number of carboxylic acid groups (broad SMARTS) is 2. The van der Waals surface area contributed by atoms with Gasteiger partial charge in [-0.05, 0) is 49.2 Å². The second kappa shape index (κ2) is 8.67. The highest BCUT2D eigenvalue weighted by atomic mass is 19.4. The highest BCUT2D eigenvalue weighted by molar-refractivity contribution is 6.03. The monoisotopic (exact) mass is 444 g/mol. The molecule has 12 heteroatoms. The van der Waals surface area contributed by atoms with Gasteiger partial charge in [0.25, 0.3) is 0 Å². The Hall–Kier alpha value is -3.18. The SMILES string of the molecule is Cc1c(F)ccc(C(F)(F)F)c1C.O=C(O)c1c(F)ccc(C(F)(F)F)c1C(=O)O. The zero-order chi connectivity index (χ0) is 23.6. The molecule has 0 fully saturated rings. The summed E-state index contributed by atoms with van der Waals surface area (Å²) in [4.78, 5) is 21.2. The lowest BCUT2D eigenvalue weighted by Crippen LogP contribution is -2.19. The Morgan fingerprint density at radius 3 is 1.47 bits per heavy atom. The third-order valence-electron chi connectivity index (χ3n) is 3.91. The molecule has 30 heavy (non-hydrogen) atoms. The standard InChI is InChI=1S/C9H4F4O4.C9H8F4/c10-4-2-1-3(9(11,12)13)5(7(14)15)6(4)8(16)17;1-5-6(2)8(10)4-3-7(5)9(11,12)13/h1-2H,(H,14,15)(H,16,17);3-4H,1-2H3. The second-order valence-electron chi connectivity index (χ2n) is 5.80. The number of benzene rings is 2. The van der Waals surface area contributed by atoms with E-state index in [1.165, 1.54) is 13.8 Å². The van der Waals surface area contributed by atoms with E-state index in [4.69, 9.17) is 10.2 Å². The van der Waals surface area contributed by atoms with E-state index in [-0.39, 0.29) is 23.3 Å². The van der Waals surface area contributed by atoms with Crippen molar-refractivity contribution in [2.45, 2.75) is 26.2 Å².